The van der Waals surface area contributed by atoms with Crippen molar-refractivity contribution >= 4 is 53.4 Å². The first-order valence-corrected chi connectivity index (χ1v) is 39.8. The molecule has 59 heteroatoms. The Labute approximate surface area is 726 Å². The van der Waals surface area contributed by atoms with Crippen LogP contribution in [0.15, 0.2) is 0 Å². The van der Waals surface area contributed by atoms with Gasteiger partial charge in [-0.2, -0.15) is 0 Å². The Morgan fingerprint density at radius 1 is 0.333 bits per heavy atom. The fourth-order valence-electron chi connectivity index (χ4n) is 16.3. The zero-order chi connectivity index (χ0) is 96.6. The number of amides is 5. The van der Waals surface area contributed by atoms with Crippen molar-refractivity contribution in [2.24, 2.45) is 0 Å². The minimum absolute atomic E-state index is 0.741. The molecule has 742 valence electrons. The van der Waals surface area contributed by atoms with E-state index >= 15 is 0 Å². The number of carbonyl (C=O) groups is 9. The van der Waals surface area contributed by atoms with Crippen LogP contribution in [0, 0.1) is 0 Å². The Morgan fingerprint density at radius 2 is 0.643 bits per heavy atom. The van der Waals surface area contributed by atoms with Gasteiger partial charge in [0.2, 0.25) is 29.5 Å². The van der Waals surface area contributed by atoms with Crippen LogP contribution in [0.4, 0.5) is 0 Å². The number of ether oxygens (including phenoxy) is 15. The number of carboxylic acids is 4. The van der Waals surface area contributed by atoms with Gasteiger partial charge in [0.15, 0.2) is 25.2 Å². The van der Waals surface area contributed by atoms with Gasteiger partial charge < -0.3 is 251 Å². The maximum Gasteiger partial charge on any atom is 0.364 e. The van der Waals surface area contributed by atoms with Crippen molar-refractivity contribution in [1.29, 1.82) is 0 Å². The predicted octanol–water partition coefficient (Wildman–Crippen LogP) is -21.9. The summed E-state index contributed by atoms with van der Waals surface area (Å²) in [4.78, 5) is 119. The Kier molecular flexibility index (Phi) is 37.9. The number of carboxylic acid groups (broad SMARTS) is 4. The van der Waals surface area contributed by atoms with Crippen molar-refractivity contribution < 1.29 is 267 Å². The highest BCUT2D eigenvalue weighted by Gasteiger charge is 2.67. The van der Waals surface area contributed by atoms with Crippen molar-refractivity contribution in [1.82, 2.24) is 26.6 Å². The highest BCUT2D eigenvalue weighted by atomic mass is 16.8. The van der Waals surface area contributed by atoms with Crippen molar-refractivity contribution in [3.05, 3.63) is 0 Å². The molecule has 129 heavy (non-hydrogen) atoms. The normalized spacial score (nSPS) is 42.3. The molecule has 0 aromatic carbocycles. The molecule has 5 amide bonds. The van der Waals surface area contributed by atoms with Crippen LogP contribution < -0.4 is 26.6 Å². The summed E-state index contributed by atoms with van der Waals surface area (Å²) >= 11 is 0. The Bertz CT molecular complexity index is 3740. The van der Waals surface area contributed by atoms with Gasteiger partial charge in [-0.1, -0.05) is 0 Å². The molecule has 8 saturated heterocycles. The fourth-order valence-corrected chi connectivity index (χ4v) is 16.3. The van der Waals surface area contributed by atoms with E-state index in [1.54, 1.807) is 0 Å². The topological polar surface area (TPSA) is 959 Å². The maximum atomic E-state index is 14.5. The SMILES string of the molecule is CC(=O)N[C@H]1[C@H](O[C@@H]2[C@H](O[C@]3(C(=O)O)C[C@H](O)[C@@H](NC(C)=O)[C@H]([C@H](O)[C@@H](CO)O[C@]4(C(=O)O)C[C@H](O)[C@@H](NC(=O)CO)[C@H]([C@H](O)[C@@H](CO)O[C@]5(C(=O)O)C[C@H](O)[C@@H](NC(C)=O)[C@H]([C@H](O)[C@H](O)CO)O5)O4)O3)[C@@H](O)[C@H](O[C@H]3[C@H](O)[C@@H](O)[C@H](O)O[C@@H]3CO)O[C@@H]2CO)O[C@H](CO)[C@H](O)[C@@H]1O[C@@H]1O[C@H](CO)[C@H](O)[C@H](O[C@]2(C(=O)O)C[C@H](O)[C@@H](NC(C)=O)[C@H]([C@H](O)[C@H](O)CO)O2)[C@H]1O. The molecule has 0 aromatic heterocycles. The third-order valence-corrected chi connectivity index (χ3v) is 22.7. The largest absolute Gasteiger partial charge is 0.477 e. The first kappa shape index (κ1) is 108. The number of aliphatic hydroxyl groups excluding tert-OH is 26. The number of hydrogen-bond acceptors (Lipinski definition) is 50. The standard InChI is InChI=1S/C70H113N5O54/c1-18(85)71-35-22(89)5-67(63(107)108,124-53(35)40(96)26(93)9-76)122-31(14-81)45(101)56-38(75-34(95)17-84)25(92)6-68(126-56,64(109)110)123-30(13-80)44(100)55-37(73-20(3)87)24(91)8-70(127-55,66(113)114)129-58-49(105)62(119-50-32(15-82)115-59(106)47(103)46(50)102)118-33(16-83)51(58)120-60-39(74-21(4)88)52(42(98)28(11-78)116-60)121-61-48(104)57(43(99)29(12-79)117-61)128-69(65(111)112)7-23(90)36(72-19(2)86)54(125-69)41(97)27(94)10-77/h22-33,35-62,76-84,89-94,96-106H,5-17H2,1-4H3,(H,71,85)(H,72,86)(H,73,87)(H,74,88)(H,75,95)(H,107,108)(H,109,110)(H,111,112)(H,113,114)/t22-,23-,24-,25-,26+,27+,28+,29+,30+,31+,32+,33+,35+,36+,37+,38+,39+,40+,41+,42-,43-,44+,45+,46+,47+,48+,49+,50+,51-,52+,53+,54+,55+,56+,57-,58+,59+,60-,61-,62-,67+,68+,69-,70-/m0/s1. The summed E-state index contributed by atoms with van der Waals surface area (Å²) in [5.41, 5.74) is 0. The number of carbonyl (C=O) groups excluding carboxylic acids is 5. The molecule has 0 unspecified atom stereocenters. The minimum Gasteiger partial charge on any atom is -0.477 e. The lowest BCUT2D eigenvalue weighted by Gasteiger charge is -2.53. The average Bonchev–Trinajstić information content (AvgIpc) is 0.747. The molecule has 0 aliphatic carbocycles. The van der Waals surface area contributed by atoms with Gasteiger partial charge in [-0.15, -0.1) is 0 Å². The summed E-state index contributed by atoms with van der Waals surface area (Å²) in [7, 11) is 0. The summed E-state index contributed by atoms with van der Waals surface area (Å²) in [5.74, 6) is -30.0. The van der Waals surface area contributed by atoms with E-state index in [1.165, 1.54) is 0 Å². The zero-order valence-electron chi connectivity index (χ0n) is 68.5. The van der Waals surface area contributed by atoms with E-state index in [1.807, 2.05) is 5.32 Å². The molecular formula is C70H113N5O54. The Hall–Kier alpha value is -6.41. The van der Waals surface area contributed by atoms with Crippen LogP contribution in [0.25, 0.3) is 0 Å². The summed E-state index contributed by atoms with van der Waals surface area (Å²) < 4.78 is 87.4. The predicted molar refractivity (Wildman–Crippen MR) is 393 cm³/mol. The fraction of sp³-hybridized carbons (Fsp3) is 0.871. The number of nitrogens with one attached hydrogen (secondary N) is 5. The second-order valence-corrected chi connectivity index (χ2v) is 31.8. The number of aliphatic hydroxyl groups is 26. The van der Waals surface area contributed by atoms with E-state index in [2.05, 4.69) is 21.3 Å². The monoisotopic (exact) mass is 1890 g/mol. The third kappa shape index (κ3) is 23.6. The van der Waals surface area contributed by atoms with Gasteiger partial charge in [0.05, 0.1) is 101 Å². The van der Waals surface area contributed by atoms with Gasteiger partial charge in [0.25, 0.3) is 23.1 Å². The summed E-state index contributed by atoms with van der Waals surface area (Å²) in [6.07, 6.45) is -93.2. The summed E-state index contributed by atoms with van der Waals surface area (Å²) in [6, 6.07) is -10.7. The maximum absolute atomic E-state index is 14.5. The molecule has 0 aromatic rings. The Balaban J connectivity index is 1.20. The summed E-state index contributed by atoms with van der Waals surface area (Å²) in [6.45, 7) is -9.74. The van der Waals surface area contributed by atoms with Crippen molar-refractivity contribution in [3.8, 4) is 0 Å². The summed E-state index contributed by atoms with van der Waals surface area (Å²) in [5, 5.41) is 346. The molecular weight excluding hydrogens is 1770 g/mol. The number of aliphatic carboxylic acids is 4. The number of rotatable bonds is 40. The van der Waals surface area contributed by atoms with Crippen LogP contribution in [0.5, 0.6) is 0 Å². The first-order chi connectivity index (χ1) is 60.4. The quantitative estimate of drug-likeness (QED) is 0.0271. The first-order valence-electron chi connectivity index (χ1n) is 39.8. The highest BCUT2D eigenvalue weighted by molar-refractivity contribution is 5.80. The van der Waals surface area contributed by atoms with Gasteiger partial charge in [-0.05, 0) is 0 Å². The molecule has 59 nitrogen and oxygen atoms in total. The average molecular weight is 1890 g/mol. The van der Waals surface area contributed by atoms with Crippen LogP contribution in [-0.4, -0.2) is 534 Å². The molecule has 0 bridgehead atoms. The van der Waals surface area contributed by atoms with Crippen molar-refractivity contribution in [2.75, 3.05) is 59.5 Å². The van der Waals surface area contributed by atoms with Crippen LogP contribution in [0.1, 0.15) is 53.4 Å². The van der Waals surface area contributed by atoms with Gasteiger partial charge in [0.1, 0.15) is 177 Å². The van der Waals surface area contributed by atoms with E-state index < -0.39 is 406 Å². The molecule has 8 aliphatic rings. The van der Waals surface area contributed by atoms with E-state index in [0.717, 1.165) is 27.7 Å². The molecule has 8 heterocycles. The molecule has 0 radical (unpaired) electrons. The van der Waals surface area contributed by atoms with Crippen molar-refractivity contribution in [2.45, 2.75) is 321 Å². The molecule has 0 saturated carbocycles. The molecule has 35 N–H and O–H groups in total. The minimum atomic E-state index is -3.91. The Morgan fingerprint density at radius 3 is 1.01 bits per heavy atom. The molecule has 8 aliphatic heterocycles. The molecule has 8 fully saturated rings. The highest BCUT2D eigenvalue weighted by Crippen LogP contribution is 2.46. The molecule has 0 spiro atoms. The lowest BCUT2D eigenvalue weighted by Crippen LogP contribution is -2.73. The van der Waals surface area contributed by atoms with E-state index in [-0.39, 0.29) is 0 Å². The van der Waals surface area contributed by atoms with E-state index in [0.29, 0.717) is 0 Å². The molecule has 8 rings (SSSR count). The second-order valence-electron chi connectivity index (χ2n) is 31.8. The van der Waals surface area contributed by atoms with Gasteiger partial charge in [-0.25, -0.2) is 19.2 Å². The second kappa shape index (κ2) is 45.3. The van der Waals surface area contributed by atoms with Gasteiger partial charge in [-0.3, -0.25) is 24.0 Å². The van der Waals surface area contributed by atoms with Gasteiger partial charge in [0, 0.05) is 53.4 Å². The van der Waals surface area contributed by atoms with Crippen LogP contribution in [-0.2, 0) is 114 Å². The van der Waals surface area contributed by atoms with Crippen LogP contribution in [0.3, 0.4) is 0 Å². The molecule has 44 atom stereocenters. The van der Waals surface area contributed by atoms with Gasteiger partial charge >= 0.3 is 23.9 Å². The van der Waals surface area contributed by atoms with Crippen LogP contribution in [0.2, 0.25) is 0 Å². The smallest absolute Gasteiger partial charge is 0.364 e. The number of hydrogen-bond donors (Lipinski definition) is 35. The van der Waals surface area contributed by atoms with E-state index in [4.69, 9.17) is 71.1 Å². The third-order valence-electron chi connectivity index (χ3n) is 22.7. The lowest BCUT2D eigenvalue weighted by molar-refractivity contribution is -0.405. The lowest BCUT2D eigenvalue weighted by atomic mass is 9.86. The zero-order valence-corrected chi connectivity index (χ0v) is 68.5. The van der Waals surface area contributed by atoms with Crippen molar-refractivity contribution in [3.63, 3.8) is 0 Å². The van der Waals surface area contributed by atoms with E-state index in [9.17, 15) is 196 Å². The van der Waals surface area contributed by atoms with Crippen LogP contribution >= 0.6 is 0 Å².